The summed E-state index contributed by atoms with van der Waals surface area (Å²) in [6, 6.07) is 0. The van der Waals surface area contributed by atoms with Crippen LogP contribution in [0.2, 0.25) is 0 Å². The van der Waals surface area contributed by atoms with Crippen LogP contribution in [0, 0.1) is 0 Å². The van der Waals surface area contributed by atoms with Crippen molar-refractivity contribution in [3.05, 3.63) is 0 Å². The van der Waals surface area contributed by atoms with Gasteiger partial charge >= 0.3 is 0 Å². The highest BCUT2D eigenvalue weighted by molar-refractivity contribution is 4.90. The number of alkyl halides is 1. The van der Waals surface area contributed by atoms with Crippen molar-refractivity contribution in [3.8, 4) is 0 Å². The lowest BCUT2D eigenvalue weighted by atomic mass is 10.1. The maximum Gasteiger partial charge on any atom is 0.154 e. The van der Waals surface area contributed by atoms with E-state index in [0.717, 1.165) is 0 Å². The van der Waals surface area contributed by atoms with Crippen LogP contribution in [0.5, 0.6) is 0 Å². The lowest BCUT2D eigenvalue weighted by molar-refractivity contribution is -0.0436. The van der Waals surface area contributed by atoms with E-state index in [-0.39, 0.29) is 24.4 Å². The van der Waals surface area contributed by atoms with Crippen LogP contribution in [0.3, 0.4) is 0 Å². The van der Waals surface area contributed by atoms with Crippen LogP contribution < -0.4 is 0 Å². The van der Waals surface area contributed by atoms with Crippen LogP contribution in [-0.4, -0.2) is 95.7 Å². The summed E-state index contributed by atoms with van der Waals surface area (Å²) in [6.07, 6.45) is -3.33. The second-order valence-corrected chi connectivity index (χ2v) is 6.01. The van der Waals surface area contributed by atoms with Gasteiger partial charge in [-0.15, -0.1) is 0 Å². The molecule has 2 fully saturated rings. The van der Waals surface area contributed by atoms with E-state index in [4.69, 9.17) is 28.4 Å². The van der Waals surface area contributed by atoms with Crippen LogP contribution in [0.4, 0.5) is 4.39 Å². The van der Waals surface area contributed by atoms with Gasteiger partial charge in [-0.3, -0.25) is 0 Å². The number of halogens is 1. The van der Waals surface area contributed by atoms with Gasteiger partial charge in [0.15, 0.2) is 6.17 Å². The van der Waals surface area contributed by atoms with Gasteiger partial charge in [0.1, 0.15) is 30.5 Å². The Kier molecular flexibility index (Phi) is 9.58. The van der Waals surface area contributed by atoms with Crippen molar-refractivity contribution in [2.75, 3.05) is 41.7 Å². The maximum absolute atomic E-state index is 13.2. The molecular formula is C16H31FO7. The first-order chi connectivity index (χ1) is 11.4. The Morgan fingerprint density at radius 2 is 1.29 bits per heavy atom. The molecule has 7 nitrogen and oxygen atoms in total. The third-order valence-corrected chi connectivity index (χ3v) is 4.30. The zero-order valence-corrected chi connectivity index (χ0v) is 15.3. The van der Waals surface area contributed by atoms with Crippen molar-refractivity contribution in [1.29, 1.82) is 0 Å². The summed E-state index contributed by atoms with van der Waals surface area (Å²) in [4.78, 5) is 0. The Hall–Kier alpha value is -0.350. The van der Waals surface area contributed by atoms with Crippen molar-refractivity contribution in [1.82, 2.24) is 0 Å². The van der Waals surface area contributed by atoms with E-state index in [2.05, 4.69) is 0 Å². The predicted molar refractivity (Wildman–Crippen MR) is 84.9 cm³/mol. The fourth-order valence-corrected chi connectivity index (χ4v) is 2.99. The topological polar surface area (TPSA) is 75.6 Å². The van der Waals surface area contributed by atoms with Crippen molar-refractivity contribution in [2.24, 2.45) is 0 Å². The van der Waals surface area contributed by atoms with E-state index in [1.54, 1.807) is 28.3 Å². The van der Waals surface area contributed by atoms with E-state index >= 15 is 0 Å². The standard InChI is InChI=1S/C8H15FO3.C8H16O4/c2*1-5-7(9)8(11-3)6(12-5)4-10-2/h5-8H,4H2,1-3H3;5-9H,4H2,1-3H3/t2*5-,6+,7?,8-/m00/s1. The van der Waals surface area contributed by atoms with Gasteiger partial charge < -0.3 is 33.5 Å². The normalized spacial score (nSPS) is 42.0. The van der Waals surface area contributed by atoms with Gasteiger partial charge in [0.05, 0.1) is 25.4 Å². The molecule has 0 saturated carbocycles. The van der Waals surface area contributed by atoms with Gasteiger partial charge in [-0.25, -0.2) is 4.39 Å². The molecule has 0 spiro atoms. The van der Waals surface area contributed by atoms with Crippen LogP contribution in [0.25, 0.3) is 0 Å². The number of methoxy groups -OCH3 is 4. The molecule has 0 bridgehead atoms. The lowest BCUT2D eigenvalue weighted by Gasteiger charge is -2.17. The zero-order chi connectivity index (χ0) is 18.3. The molecule has 8 heteroatoms. The van der Waals surface area contributed by atoms with Crippen LogP contribution in [-0.2, 0) is 28.4 Å². The van der Waals surface area contributed by atoms with E-state index < -0.39 is 24.5 Å². The van der Waals surface area contributed by atoms with Crippen molar-refractivity contribution in [3.63, 3.8) is 0 Å². The fourth-order valence-electron chi connectivity index (χ4n) is 2.99. The Bertz CT molecular complexity index is 314. The highest BCUT2D eigenvalue weighted by Crippen LogP contribution is 2.26. The average molecular weight is 354 g/mol. The predicted octanol–water partition coefficient (Wildman–Crippen LogP) is 0.569. The highest BCUT2D eigenvalue weighted by atomic mass is 19.1. The molecule has 0 aliphatic carbocycles. The first-order valence-corrected chi connectivity index (χ1v) is 8.07. The Morgan fingerprint density at radius 3 is 1.75 bits per heavy atom. The largest absolute Gasteiger partial charge is 0.388 e. The van der Waals surface area contributed by atoms with Gasteiger partial charge in [-0.1, -0.05) is 0 Å². The van der Waals surface area contributed by atoms with Gasteiger partial charge in [-0.05, 0) is 13.8 Å². The van der Waals surface area contributed by atoms with Gasteiger partial charge in [-0.2, -0.15) is 0 Å². The minimum Gasteiger partial charge on any atom is -0.388 e. The third-order valence-electron chi connectivity index (χ3n) is 4.30. The lowest BCUT2D eigenvalue weighted by Crippen LogP contribution is -2.35. The maximum atomic E-state index is 13.2. The number of rotatable bonds is 6. The summed E-state index contributed by atoms with van der Waals surface area (Å²) >= 11 is 0. The number of aliphatic hydroxyl groups excluding tert-OH is 1. The van der Waals surface area contributed by atoms with Gasteiger partial charge in [0.2, 0.25) is 0 Å². The summed E-state index contributed by atoms with van der Waals surface area (Å²) in [5.41, 5.74) is 0. The molecule has 0 amide bonds. The SMILES string of the molecule is COC[C@H]1O[C@@H](C)C(F)[C@H]1OC.COC[C@H]1O[C@@H](C)C(O)[C@H]1OC. The Balaban J connectivity index is 0.000000240. The van der Waals surface area contributed by atoms with Crippen molar-refractivity contribution >= 4 is 0 Å². The van der Waals surface area contributed by atoms with Gasteiger partial charge in [0.25, 0.3) is 0 Å². The smallest absolute Gasteiger partial charge is 0.154 e. The molecule has 2 aliphatic rings. The second kappa shape index (κ2) is 10.6. The minimum absolute atomic E-state index is 0.148. The molecule has 1 N–H and O–H groups in total. The average Bonchev–Trinajstić information content (AvgIpc) is 2.97. The molecule has 0 aromatic heterocycles. The molecule has 24 heavy (non-hydrogen) atoms. The van der Waals surface area contributed by atoms with E-state index in [1.807, 2.05) is 6.92 Å². The molecule has 2 unspecified atom stereocenters. The molecule has 0 aromatic carbocycles. The Labute approximate surface area is 143 Å². The fraction of sp³-hybridized carbons (Fsp3) is 1.00. The molecule has 144 valence electrons. The first-order valence-electron chi connectivity index (χ1n) is 8.07. The molecule has 2 saturated heterocycles. The van der Waals surface area contributed by atoms with Crippen molar-refractivity contribution < 1.29 is 37.9 Å². The van der Waals surface area contributed by atoms with Crippen molar-refractivity contribution in [2.45, 2.75) is 62.7 Å². The number of hydrogen-bond donors (Lipinski definition) is 1. The summed E-state index contributed by atoms with van der Waals surface area (Å²) in [7, 11) is 6.22. The molecule has 2 heterocycles. The van der Waals surface area contributed by atoms with E-state index in [9.17, 15) is 9.50 Å². The summed E-state index contributed by atoms with van der Waals surface area (Å²) < 4.78 is 43.9. The molecule has 0 aromatic rings. The number of hydrogen-bond acceptors (Lipinski definition) is 7. The minimum atomic E-state index is -1.05. The van der Waals surface area contributed by atoms with Crippen LogP contribution in [0.15, 0.2) is 0 Å². The van der Waals surface area contributed by atoms with E-state index in [1.165, 1.54) is 7.11 Å². The second-order valence-electron chi connectivity index (χ2n) is 6.01. The van der Waals surface area contributed by atoms with Crippen LogP contribution >= 0.6 is 0 Å². The first kappa shape index (κ1) is 21.7. The van der Waals surface area contributed by atoms with E-state index in [0.29, 0.717) is 13.2 Å². The third kappa shape index (κ3) is 5.32. The van der Waals surface area contributed by atoms with Crippen LogP contribution in [0.1, 0.15) is 13.8 Å². The molecule has 2 aliphatic heterocycles. The Morgan fingerprint density at radius 1 is 0.833 bits per heavy atom. The van der Waals surface area contributed by atoms with Gasteiger partial charge in [0, 0.05) is 28.4 Å². The summed E-state index contributed by atoms with van der Waals surface area (Å²) in [5, 5.41) is 9.55. The summed E-state index contributed by atoms with van der Waals surface area (Å²) in [5.74, 6) is 0. The monoisotopic (exact) mass is 354 g/mol. The zero-order valence-electron chi connectivity index (χ0n) is 15.3. The quantitative estimate of drug-likeness (QED) is 0.747. The number of ether oxygens (including phenoxy) is 6. The molecule has 8 atom stereocenters. The molecule has 2 rings (SSSR count). The number of aliphatic hydroxyl groups is 1. The molecule has 0 radical (unpaired) electrons. The summed E-state index contributed by atoms with van der Waals surface area (Å²) in [6.45, 7) is 4.36. The molecular weight excluding hydrogens is 323 g/mol. The highest BCUT2D eigenvalue weighted by Gasteiger charge is 2.43.